The normalized spacial score (nSPS) is 20.3. The maximum atomic E-state index is 13.2. The zero-order chi connectivity index (χ0) is 21.0. The first-order valence-electron chi connectivity index (χ1n) is 9.88. The van der Waals surface area contributed by atoms with Gasteiger partial charge in [0, 0.05) is 30.6 Å². The molecule has 0 radical (unpaired) electrons. The van der Waals surface area contributed by atoms with Crippen LogP contribution in [0.5, 0.6) is 0 Å². The van der Waals surface area contributed by atoms with E-state index < -0.39 is 6.04 Å². The van der Waals surface area contributed by atoms with Crippen LogP contribution < -0.4 is 5.32 Å². The van der Waals surface area contributed by atoms with E-state index in [2.05, 4.69) is 11.9 Å². The van der Waals surface area contributed by atoms with Crippen molar-refractivity contribution >= 4 is 46.6 Å². The Morgan fingerprint density at radius 2 is 1.79 bits per heavy atom. The first kappa shape index (κ1) is 21.7. The number of nitrogens with zero attached hydrogens (tertiary/aromatic N) is 2. The van der Waals surface area contributed by atoms with Crippen LogP contribution in [0, 0.1) is 5.92 Å². The van der Waals surface area contributed by atoms with Gasteiger partial charge < -0.3 is 15.1 Å². The standard InChI is InChI=1S/C21H25Cl2N3O3/c1-2-19(27)25-11-8-14(9-12-25)21(29)26-10-4-3-5-18(26)20(28)24-17-13-15(22)6-7-16(17)23/h2,6-7,13-14,18H,1,3-5,8-12H2,(H,24,28). The molecule has 2 aliphatic heterocycles. The van der Waals surface area contributed by atoms with Crippen LogP contribution >= 0.6 is 23.2 Å². The highest BCUT2D eigenvalue weighted by atomic mass is 35.5. The van der Waals surface area contributed by atoms with E-state index in [0.717, 1.165) is 12.8 Å². The number of halogens is 2. The molecule has 0 aromatic heterocycles. The third-order valence-electron chi connectivity index (χ3n) is 5.61. The number of piperidine rings is 2. The molecule has 1 aromatic carbocycles. The molecule has 0 spiro atoms. The van der Waals surface area contributed by atoms with Gasteiger partial charge in [-0.1, -0.05) is 29.8 Å². The van der Waals surface area contributed by atoms with Gasteiger partial charge in [-0.15, -0.1) is 0 Å². The number of carbonyl (C=O) groups excluding carboxylic acids is 3. The summed E-state index contributed by atoms with van der Waals surface area (Å²) in [5.41, 5.74) is 0.443. The number of hydrogen-bond donors (Lipinski definition) is 1. The van der Waals surface area contributed by atoms with Crippen LogP contribution in [0.15, 0.2) is 30.9 Å². The molecule has 2 fully saturated rings. The molecule has 1 unspecified atom stereocenters. The molecule has 2 aliphatic rings. The SMILES string of the molecule is C=CC(=O)N1CCC(C(=O)N2CCCCC2C(=O)Nc2cc(Cl)ccc2Cl)CC1. The largest absolute Gasteiger partial charge is 0.339 e. The predicted octanol–water partition coefficient (Wildman–Crippen LogP) is 3.74. The molecule has 2 heterocycles. The number of nitrogens with one attached hydrogen (secondary N) is 1. The summed E-state index contributed by atoms with van der Waals surface area (Å²) in [6.07, 6.45) is 4.88. The van der Waals surface area contributed by atoms with E-state index in [9.17, 15) is 14.4 Å². The van der Waals surface area contributed by atoms with E-state index >= 15 is 0 Å². The summed E-state index contributed by atoms with van der Waals surface area (Å²) in [4.78, 5) is 41.3. The Balaban J connectivity index is 1.67. The van der Waals surface area contributed by atoms with Gasteiger partial charge in [-0.05, 0) is 56.4 Å². The van der Waals surface area contributed by atoms with Gasteiger partial charge in [-0.2, -0.15) is 0 Å². The molecular weight excluding hydrogens is 413 g/mol. The van der Waals surface area contributed by atoms with E-state index in [1.54, 1.807) is 28.0 Å². The highest BCUT2D eigenvalue weighted by Gasteiger charge is 2.37. The van der Waals surface area contributed by atoms with E-state index in [-0.39, 0.29) is 23.6 Å². The number of hydrogen-bond acceptors (Lipinski definition) is 3. The van der Waals surface area contributed by atoms with E-state index in [1.165, 1.54) is 6.08 Å². The number of amides is 3. The smallest absolute Gasteiger partial charge is 0.247 e. The fourth-order valence-electron chi connectivity index (χ4n) is 3.99. The van der Waals surface area contributed by atoms with Crippen molar-refractivity contribution in [2.75, 3.05) is 25.0 Å². The molecule has 0 bridgehead atoms. The van der Waals surface area contributed by atoms with Crippen LogP contribution in [0.25, 0.3) is 0 Å². The van der Waals surface area contributed by atoms with Crippen LogP contribution in [0.1, 0.15) is 32.1 Å². The fraction of sp³-hybridized carbons (Fsp3) is 0.476. The van der Waals surface area contributed by atoms with Gasteiger partial charge in [0.25, 0.3) is 0 Å². The van der Waals surface area contributed by atoms with Gasteiger partial charge in [-0.3, -0.25) is 14.4 Å². The second kappa shape index (κ2) is 9.63. The van der Waals surface area contributed by atoms with Crippen molar-refractivity contribution in [3.63, 3.8) is 0 Å². The quantitative estimate of drug-likeness (QED) is 0.729. The van der Waals surface area contributed by atoms with Gasteiger partial charge >= 0.3 is 0 Å². The van der Waals surface area contributed by atoms with Crippen LogP contribution in [0.4, 0.5) is 5.69 Å². The molecule has 1 aromatic rings. The van der Waals surface area contributed by atoms with Gasteiger partial charge in [-0.25, -0.2) is 0 Å². The Labute approximate surface area is 180 Å². The van der Waals surface area contributed by atoms with Crippen LogP contribution in [-0.2, 0) is 14.4 Å². The lowest BCUT2D eigenvalue weighted by Crippen LogP contribution is -2.53. The second-order valence-electron chi connectivity index (χ2n) is 7.46. The molecule has 3 rings (SSSR count). The topological polar surface area (TPSA) is 69.7 Å². The Morgan fingerprint density at radius 3 is 2.48 bits per heavy atom. The maximum absolute atomic E-state index is 13.2. The van der Waals surface area contributed by atoms with Gasteiger partial charge in [0.2, 0.25) is 17.7 Å². The number of rotatable bonds is 4. The molecule has 8 heteroatoms. The molecule has 2 saturated heterocycles. The summed E-state index contributed by atoms with van der Waals surface area (Å²) in [7, 11) is 0. The lowest BCUT2D eigenvalue weighted by atomic mass is 9.92. The molecular formula is C21H25Cl2N3O3. The summed E-state index contributed by atoms with van der Waals surface area (Å²) in [5, 5.41) is 3.70. The Hall–Kier alpha value is -2.05. The minimum absolute atomic E-state index is 0.00672. The fourth-order valence-corrected chi connectivity index (χ4v) is 4.32. The van der Waals surface area contributed by atoms with Crippen molar-refractivity contribution in [3.8, 4) is 0 Å². The molecule has 0 aliphatic carbocycles. The molecule has 1 atom stereocenters. The summed E-state index contributed by atoms with van der Waals surface area (Å²) >= 11 is 12.2. The van der Waals surface area contributed by atoms with Crippen molar-refractivity contribution in [1.29, 1.82) is 0 Å². The third kappa shape index (κ3) is 5.11. The molecule has 1 N–H and O–H groups in total. The number of benzene rings is 1. The van der Waals surface area contributed by atoms with Crippen molar-refractivity contribution in [1.82, 2.24) is 9.80 Å². The van der Waals surface area contributed by atoms with Gasteiger partial charge in [0.1, 0.15) is 6.04 Å². The average molecular weight is 438 g/mol. The van der Waals surface area contributed by atoms with Crippen molar-refractivity contribution in [2.24, 2.45) is 5.92 Å². The minimum atomic E-state index is -0.529. The average Bonchev–Trinajstić information content (AvgIpc) is 2.75. The summed E-state index contributed by atoms with van der Waals surface area (Å²) in [6, 6.07) is 4.35. The summed E-state index contributed by atoms with van der Waals surface area (Å²) in [6.45, 7) is 5.14. The molecule has 0 saturated carbocycles. The predicted molar refractivity (Wildman–Crippen MR) is 114 cm³/mol. The van der Waals surface area contributed by atoms with E-state index in [4.69, 9.17) is 23.2 Å². The Bertz CT molecular complexity index is 806. The van der Waals surface area contributed by atoms with Crippen molar-refractivity contribution in [3.05, 3.63) is 40.9 Å². The first-order valence-corrected chi connectivity index (χ1v) is 10.6. The summed E-state index contributed by atoms with van der Waals surface area (Å²) in [5.74, 6) is -0.536. The molecule has 156 valence electrons. The van der Waals surface area contributed by atoms with Crippen molar-refractivity contribution in [2.45, 2.75) is 38.1 Å². The Kier molecular flexibility index (Phi) is 7.19. The molecule has 29 heavy (non-hydrogen) atoms. The van der Waals surface area contributed by atoms with Gasteiger partial charge in [0.15, 0.2) is 0 Å². The highest BCUT2D eigenvalue weighted by Crippen LogP contribution is 2.28. The minimum Gasteiger partial charge on any atom is -0.339 e. The van der Waals surface area contributed by atoms with Crippen molar-refractivity contribution < 1.29 is 14.4 Å². The van der Waals surface area contributed by atoms with E-state index in [0.29, 0.717) is 54.6 Å². The highest BCUT2D eigenvalue weighted by molar-refractivity contribution is 6.35. The lowest BCUT2D eigenvalue weighted by molar-refractivity contribution is -0.146. The second-order valence-corrected chi connectivity index (χ2v) is 8.30. The van der Waals surface area contributed by atoms with Crippen LogP contribution in [0.3, 0.4) is 0 Å². The van der Waals surface area contributed by atoms with Crippen LogP contribution in [-0.4, -0.2) is 53.2 Å². The number of anilines is 1. The number of carbonyl (C=O) groups is 3. The van der Waals surface area contributed by atoms with Crippen LogP contribution in [0.2, 0.25) is 10.0 Å². The number of likely N-dealkylation sites (tertiary alicyclic amines) is 2. The first-order chi connectivity index (χ1) is 13.9. The maximum Gasteiger partial charge on any atom is 0.247 e. The van der Waals surface area contributed by atoms with Gasteiger partial charge in [0.05, 0.1) is 10.7 Å². The zero-order valence-corrected chi connectivity index (χ0v) is 17.7. The molecule has 3 amide bonds. The lowest BCUT2D eigenvalue weighted by Gasteiger charge is -2.39. The zero-order valence-electron chi connectivity index (χ0n) is 16.2. The summed E-state index contributed by atoms with van der Waals surface area (Å²) < 4.78 is 0. The third-order valence-corrected chi connectivity index (χ3v) is 6.17. The molecule has 6 nitrogen and oxygen atoms in total. The van der Waals surface area contributed by atoms with E-state index in [1.807, 2.05) is 0 Å². The Morgan fingerprint density at radius 1 is 1.07 bits per heavy atom. The monoisotopic (exact) mass is 437 g/mol.